The summed E-state index contributed by atoms with van der Waals surface area (Å²) in [5.41, 5.74) is -0.597. The summed E-state index contributed by atoms with van der Waals surface area (Å²) in [7, 11) is 1.57. The molecule has 5 heteroatoms. The van der Waals surface area contributed by atoms with Gasteiger partial charge in [-0.1, -0.05) is 20.8 Å². The van der Waals surface area contributed by atoms with Crippen molar-refractivity contribution in [3.8, 4) is 0 Å². The highest BCUT2D eigenvalue weighted by atomic mass is 16.6. The molecular formula is C15H30N2O3. The summed E-state index contributed by atoms with van der Waals surface area (Å²) in [4.78, 5) is 25.4. The predicted molar refractivity (Wildman–Crippen MR) is 80.5 cm³/mol. The number of carbonyl (C=O) groups excluding carboxylic acids is 2. The van der Waals surface area contributed by atoms with Crippen LogP contribution in [-0.4, -0.2) is 41.6 Å². The molecule has 0 radical (unpaired) electrons. The van der Waals surface area contributed by atoms with Crippen LogP contribution in [0.25, 0.3) is 0 Å². The van der Waals surface area contributed by atoms with Gasteiger partial charge in [-0.25, -0.2) is 4.79 Å². The van der Waals surface area contributed by atoms with E-state index in [1.807, 2.05) is 6.92 Å². The molecule has 0 aliphatic carbocycles. The first-order chi connectivity index (χ1) is 8.75. The van der Waals surface area contributed by atoms with Gasteiger partial charge in [0.15, 0.2) is 0 Å². The highest BCUT2D eigenvalue weighted by molar-refractivity contribution is 5.85. The Balaban J connectivity index is 4.62. The van der Waals surface area contributed by atoms with E-state index in [0.29, 0.717) is 0 Å². The van der Waals surface area contributed by atoms with Crippen molar-refractivity contribution < 1.29 is 14.3 Å². The van der Waals surface area contributed by atoms with Crippen LogP contribution in [0.4, 0.5) is 4.79 Å². The second-order valence-corrected chi connectivity index (χ2v) is 7.36. The van der Waals surface area contributed by atoms with Crippen molar-refractivity contribution in [3.05, 3.63) is 0 Å². The second kappa shape index (κ2) is 6.46. The second-order valence-electron chi connectivity index (χ2n) is 7.36. The summed E-state index contributed by atoms with van der Waals surface area (Å²) in [6.07, 6.45) is -0.497. The van der Waals surface area contributed by atoms with Gasteiger partial charge < -0.3 is 10.1 Å². The average molecular weight is 286 g/mol. The van der Waals surface area contributed by atoms with Crippen LogP contribution in [0.2, 0.25) is 0 Å². The number of likely N-dealkylation sites (N-methyl/N-ethyl adjacent to an activating group) is 1. The SMILES string of the molecule is CC(NC(=O)[C@H](C)N(C)C(=O)OC(C)(C)C)C(C)(C)C. The van der Waals surface area contributed by atoms with Gasteiger partial charge in [0.25, 0.3) is 0 Å². The Hall–Kier alpha value is -1.26. The quantitative estimate of drug-likeness (QED) is 0.868. The van der Waals surface area contributed by atoms with Gasteiger partial charge in [0.1, 0.15) is 11.6 Å². The van der Waals surface area contributed by atoms with Gasteiger partial charge in [-0.15, -0.1) is 0 Å². The third-order valence-corrected chi connectivity index (χ3v) is 3.30. The third kappa shape index (κ3) is 6.26. The van der Waals surface area contributed by atoms with Crippen LogP contribution in [0.3, 0.4) is 0 Å². The van der Waals surface area contributed by atoms with E-state index in [9.17, 15) is 9.59 Å². The molecule has 0 saturated heterocycles. The molecule has 0 aliphatic rings. The Morgan fingerprint density at radius 1 is 1.05 bits per heavy atom. The van der Waals surface area contributed by atoms with Gasteiger partial charge in [0.2, 0.25) is 5.91 Å². The van der Waals surface area contributed by atoms with Crippen molar-refractivity contribution in [2.24, 2.45) is 5.41 Å². The number of nitrogens with one attached hydrogen (secondary N) is 1. The van der Waals surface area contributed by atoms with Gasteiger partial charge >= 0.3 is 6.09 Å². The Morgan fingerprint density at radius 3 is 1.85 bits per heavy atom. The first-order valence-corrected chi connectivity index (χ1v) is 7.02. The van der Waals surface area contributed by atoms with Crippen molar-refractivity contribution in [3.63, 3.8) is 0 Å². The predicted octanol–water partition coefficient (Wildman–Crippen LogP) is 2.79. The lowest BCUT2D eigenvalue weighted by molar-refractivity contribution is -0.126. The number of hydrogen-bond donors (Lipinski definition) is 1. The molecule has 0 aliphatic heterocycles. The molecule has 0 aromatic rings. The van der Waals surface area contributed by atoms with E-state index in [4.69, 9.17) is 4.74 Å². The molecule has 0 heterocycles. The summed E-state index contributed by atoms with van der Waals surface area (Å²) in [6, 6.07) is -0.556. The van der Waals surface area contributed by atoms with Gasteiger partial charge in [0.05, 0.1) is 0 Å². The summed E-state index contributed by atoms with van der Waals surface area (Å²) < 4.78 is 5.25. The van der Waals surface area contributed by atoms with E-state index in [2.05, 4.69) is 26.1 Å². The van der Waals surface area contributed by atoms with E-state index >= 15 is 0 Å². The molecular weight excluding hydrogens is 256 g/mol. The number of rotatable bonds is 3. The molecule has 5 nitrogen and oxygen atoms in total. The van der Waals surface area contributed by atoms with Crippen LogP contribution in [-0.2, 0) is 9.53 Å². The maximum absolute atomic E-state index is 12.2. The lowest BCUT2D eigenvalue weighted by Crippen LogP contribution is -2.51. The monoisotopic (exact) mass is 286 g/mol. The highest BCUT2D eigenvalue weighted by Gasteiger charge is 2.29. The molecule has 0 rings (SSSR count). The zero-order valence-corrected chi connectivity index (χ0v) is 14.3. The summed E-state index contributed by atoms with van der Waals surface area (Å²) in [5.74, 6) is -0.180. The molecule has 0 aromatic heterocycles. The summed E-state index contributed by atoms with van der Waals surface area (Å²) in [5, 5.41) is 2.93. The molecule has 0 aromatic carbocycles. The molecule has 1 N–H and O–H groups in total. The number of ether oxygens (including phenoxy) is 1. The van der Waals surface area contributed by atoms with Crippen LogP contribution < -0.4 is 5.32 Å². The number of nitrogens with zero attached hydrogens (tertiary/aromatic N) is 1. The van der Waals surface area contributed by atoms with Crippen LogP contribution >= 0.6 is 0 Å². The van der Waals surface area contributed by atoms with Crippen LogP contribution in [0.1, 0.15) is 55.4 Å². The van der Waals surface area contributed by atoms with Crippen molar-refractivity contribution in [2.75, 3.05) is 7.05 Å². The zero-order chi connectivity index (χ0) is 16.3. The van der Waals surface area contributed by atoms with Crippen molar-refractivity contribution in [1.82, 2.24) is 10.2 Å². The van der Waals surface area contributed by atoms with Gasteiger partial charge in [-0.05, 0) is 40.0 Å². The van der Waals surface area contributed by atoms with Crippen LogP contribution in [0, 0.1) is 5.41 Å². The fraction of sp³-hybridized carbons (Fsp3) is 0.867. The molecule has 0 spiro atoms. The molecule has 0 bridgehead atoms. The Kier molecular flexibility index (Phi) is 6.05. The van der Waals surface area contributed by atoms with E-state index in [1.54, 1.807) is 34.7 Å². The summed E-state index contributed by atoms with van der Waals surface area (Å²) >= 11 is 0. The molecule has 2 atom stereocenters. The van der Waals surface area contributed by atoms with Crippen molar-refractivity contribution >= 4 is 12.0 Å². The Morgan fingerprint density at radius 2 is 1.50 bits per heavy atom. The number of amides is 2. The lowest BCUT2D eigenvalue weighted by Gasteiger charge is -2.32. The summed E-state index contributed by atoms with van der Waals surface area (Å²) in [6.45, 7) is 15.2. The van der Waals surface area contributed by atoms with Crippen molar-refractivity contribution in [1.29, 1.82) is 0 Å². The highest BCUT2D eigenvalue weighted by Crippen LogP contribution is 2.19. The Labute approximate surface area is 123 Å². The van der Waals surface area contributed by atoms with Gasteiger partial charge in [-0.3, -0.25) is 9.69 Å². The maximum atomic E-state index is 12.2. The minimum Gasteiger partial charge on any atom is -0.444 e. The maximum Gasteiger partial charge on any atom is 0.410 e. The lowest BCUT2D eigenvalue weighted by atomic mass is 9.88. The molecule has 2 amide bonds. The molecule has 118 valence electrons. The standard InChI is InChI=1S/C15H30N2O3/c1-10(12(18)16-11(2)14(3,4)5)17(9)13(19)20-15(6,7)8/h10-11H,1-9H3,(H,16,18)/t10-,11?/m0/s1. The molecule has 20 heavy (non-hydrogen) atoms. The fourth-order valence-electron chi connectivity index (χ4n) is 1.22. The smallest absolute Gasteiger partial charge is 0.410 e. The Bertz CT molecular complexity index is 353. The van der Waals surface area contributed by atoms with Crippen LogP contribution in [0.15, 0.2) is 0 Å². The minimum absolute atomic E-state index is 0.0180. The normalized spacial score (nSPS) is 15.2. The largest absolute Gasteiger partial charge is 0.444 e. The average Bonchev–Trinajstić information content (AvgIpc) is 2.23. The minimum atomic E-state index is -0.574. The van der Waals surface area contributed by atoms with Gasteiger partial charge in [0, 0.05) is 13.1 Å². The number of hydrogen-bond acceptors (Lipinski definition) is 3. The zero-order valence-electron chi connectivity index (χ0n) is 14.3. The third-order valence-electron chi connectivity index (χ3n) is 3.30. The number of carbonyl (C=O) groups is 2. The van der Waals surface area contributed by atoms with E-state index < -0.39 is 17.7 Å². The first kappa shape index (κ1) is 18.7. The van der Waals surface area contributed by atoms with E-state index in [-0.39, 0.29) is 17.4 Å². The first-order valence-electron chi connectivity index (χ1n) is 7.02. The van der Waals surface area contributed by atoms with Crippen LogP contribution in [0.5, 0.6) is 0 Å². The van der Waals surface area contributed by atoms with Crippen molar-refractivity contribution in [2.45, 2.75) is 73.1 Å². The fourth-order valence-corrected chi connectivity index (χ4v) is 1.22. The topological polar surface area (TPSA) is 58.6 Å². The van der Waals surface area contributed by atoms with E-state index in [1.165, 1.54) is 4.90 Å². The molecule has 0 fully saturated rings. The molecule has 0 saturated carbocycles. The van der Waals surface area contributed by atoms with E-state index in [0.717, 1.165) is 0 Å². The molecule has 1 unspecified atom stereocenters. The van der Waals surface area contributed by atoms with Gasteiger partial charge in [-0.2, -0.15) is 0 Å².